The molecule has 0 aliphatic carbocycles. The first-order valence-electron chi connectivity index (χ1n) is 16.5. The van der Waals surface area contributed by atoms with E-state index in [0.717, 1.165) is 63.6 Å². The van der Waals surface area contributed by atoms with Crippen LogP contribution in [0.25, 0.3) is 21.8 Å². The Morgan fingerprint density at radius 1 is 0.731 bits per heavy atom. The number of aromatic amines is 2. The number of benzene rings is 4. The number of nitrogens with one attached hydrogen (secondary N) is 3. The Kier molecular flexibility index (Phi) is 14.0. The number of aliphatic carboxylic acids is 2. The quantitative estimate of drug-likeness (QED) is 0.0733. The summed E-state index contributed by atoms with van der Waals surface area (Å²) < 4.78 is 43.6. The third-order valence-electron chi connectivity index (χ3n) is 8.15. The summed E-state index contributed by atoms with van der Waals surface area (Å²) in [6.07, 6.45) is 0.510. The van der Waals surface area contributed by atoms with E-state index >= 15 is 0 Å². The number of carboxylic acids is 2. The molecule has 6 rings (SSSR count). The minimum atomic E-state index is -4.33. The van der Waals surface area contributed by atoms with Gasteiger partial charge in [-0.15, -0.1) is 0 Å². The van der Waals surface area contributed by atoms with E-state index < -0.39 is 35.8 Å². The highest BCUT2D eigenvalue weighted by Gasteiger charge is 2.30. The molecule has 0 spiro atoms. The van der Waals surface area contributed by atoms with Crippen LogP contribution in [0.3, 0.4) is 0 Å². The number of fused-ring (bicyclic) bond motifs is 2. The highest BCUT2D eigenvalue weighted by atomic mass is 19.4. The van der Waals surface area contributed by atoms with Crippen LogP contribution in [-0.2, 0) is 28.6 Å². The van der Waals surface area contributed by atoms with Gasteiger partial charge in [-0.05, 0) is 66.7 Å². The molecule has 13 heteroatoms. The predicted octanol–water partition coefficient (Wildman–Crippen LogP) is 6.68. The molecule has 2 heterocycles. The Morgan fingerprint density at radius 2 is 1.19 bits per heavy atom. The lowest BCUT2D eigenvalue weighted by Gasteiger charge is -2.20. The van der Waals surface area contributed by atoms with Gasteiger partial charge in [-0.3, -0.25) is 9.59 Å². The second kappa shape index (κ2) is 18.6. The van der Waals surface area contributed by atoms with Crippen molar-refractivity contribution in [2.24, 2.45) is 11.5 Å². The Hall–Kier alpha value is -5.63. The average Bonchev–Trinajstić information content (AvgIpc) is 3.74. The normalized spacial score (nSPS) is 12.9. The summed E-state index contributed by atoms with van der Waals surface area (Å²) in [4.78, 5) is 27.4. The van der Waals surface area contributed by atoms with Crippen molar-refractivity contribution in [1.82, 2.24) is 15.3 Å². The number of nitrogens with two attached hydrogens (primary N) is 2. The Labute approximate surface area is 298 Å². The maximum absolute atomic E-state index is 12.6. The monoisotopic (exact) mass is 717 g/mol. The van der Waals surface area contributed by atoms with Crippen LogP contribution in [0, 0.1) is 0 Å². The number of aromatic nitrogens is 2. The third kappa shape index (κ3) is 11.2. The fraction of sp³-hybridized carbons (Fsp3) is 0.231. The van der Waals surface area contributed by atoms with Gasteiger partial charge in [0.2, 0.25) is 0 Å². The van der Waals surface area contributed by atoms with Gasteiger partial charge in [0.05, 0.1) is 5.56 Å². The van der Waals surface area contributed by atoms with Crippen LogP contribution in [-0.4, -0.2) is 57.8 Å². The first-order valence-corrected chi connectivity index (χ1v) is 16.5. The number of carboxylic acid groups (broad SMARTS) is 2. The molecule has 10 nitrogen and oxygen atoms in total. The number of hydrogen-bond acceptors (Lipinski definition) is 6. The lowest BCUT2D eigenvalue weighted by Crippen LogP contribution is -2.32. The van der Waals surface area contributed by atoms with E-state index in [9.17, 15) is 22.8 Å². The number of para-hydroxylation sites is 2. The van der Waals surface area contributed by atoms with Gasteiger partial charge in [0.15, 0.2) is 0 Å². The van der Waals surface area contributed by atoms with E-state index in [1.165, 1.54) is 12.1 Å². The van der Waals surface area contributed by atoms with E-state index in [1.54, 1.807) is 0 Å². The molecule has 6 aromatic rings. The van der Waals surface area contributed by atoms with E-state index in [0.29, 0.717) is 18.6 Å². The summed E-state index contributed by atoms with van der Waals surface area (Å²) in [5.74, 6) is -1.52. The van der Waals surface area contributed by atoms with Gasteiger partial charge in [-0.2, -0.15) is 13.2 Å². The summed E-state index contributed by atoms with van der Waals surface area (Å²) in [5.41, 5.74) is 15.2. The minimum absolute atomic E-state index is 0.203. The number of ether oxygens (including phenoxy) is 1. The molecule has 9 N–H and O–H groups in total. The standard InChI is InChI=1S/C17H18F3NO.2C11H12N2O2/c1-21-12-11-16(13-5-3-2-4-6-13)22-15-9-7-14(8-10-15)17(18,19)20;2*12-9(11(14)15)5-7-6-13-10-4-2-1-3-8(7)10/h2-10,16,21H,11-12H2,1H3;2*1-4,6,9,13H,5,12H2,(H,14,15). The molecule has 0 radical (unpaired) electrons. The molecule has 3 unspecified atom stereocenters. The number of H-pyrrole nitrogens is 2. The van der Waals surface area contributed by atoms with E-state index in [1.807, 2.05) is 98.3 Å². The largest absolute Gasteiger partial charge is 0.486 e. The van der Waals surface area contributed by atoms with Crippen molar-refractivity contribution in [3.05, 3.63) is 138 Å². The lowest BCUT2D eigenvalue weighted by molar-refractivity contribution is -0.139. The summed E-state index contributed by atoms with van der Waals surface area (Å²) in [6, 6.07) is 28.3. The zero-order valence-electron chi connectivity index (χ0n) is 28.4. The average molecular weight is 718 g/mol. The fourth-order valence-electron chi connectivity index (χ4n) is 5.37. The maximum atomic E-state index is 12.6. The van der Waals surface area contributed by atoms with Crippen molar-refractivity contribution >= 4 is 33.7 Å². The van der Waals surface area contributed by atoms with Gasteiger partial charge < -0.3 is 41.7 Å². The van der Waals surface area contributed by atoms with E-state index in [2.05, 4.69) is 15.3 Å². The Bertz CT molecular complexity index is 1920. The molecule has 0 aliphatic rings. The number of carbonyl (C=O) groups is 2. The molecule has 0 aliphatic heterocycles. The number of hydrogen-bond donors (Lipinski definition) is 7. The maximum Gasteiger partial charge on any atom is 0.416 e. The fourth-order valence-corrected chi connectivity index (χ4v) is 5.37. The summed E-state index contributed by atoms with van der Waals surface area (Å²) in [5, 5.41) is 22.6. The highest BCUT2D eigenvalue weighted by Crippen LogP contribution is 2.32. The minimum Gasteiger partial charge on any atom is -0.486 e. The summed E-state index contributed by atoms with van der Waals surface area (Å²) in [6.45, 7) is 0.750. The molecule has 0 bridgehead atoms. The molecule has 4 aromatic carbocycles. The van der Waals surface area contributed by atoms with Gasteiger partial charge >= 0.3 is 18.1 Å². The zero-order chi connectivity index (χ0) is 37.7. The van der Waals surface area contributed by atoms with Gasteiger partial charge in [0.25, 0.3) is 0 Å². The molecular formula is C39H42F3N5O5. The van der Waals surface area contributed by atoms with Crippen LogP contribution in [0.1, 0.15) is 34.8 Å². The molecule has 2 aromatic heterocycles. The van der Waals surface area contributed by atoms with Crippen LogP contribution in [0.5, 0.6) is 5.75 Å². The van der Waals surface area contributed by atoms with Crippen molar-refractivity contribution in [2.75, 3.05) is 13.6 Å². The number of halogens is 3. The number of alkyl halides is 3. The molecule has 52 heavy (non-hydrogen) atoms. The third-order valence-corrected chi connectivity index (χ3v) is 8.15. The van der Waals surface area contributed by atoms with Gasteiger partial charge in [-0.25, -0.2) is 0 Å². The summed E-state index contributed by atoms with van der Waals surface area (Å²) in [7, 11) is 1.85. The second-order valence-corrected chi connectivity index (χ2v) is 11.9. The van der Waals surface area contributed by atoms with Crippen LogP contribution < -0.4 is 21.5 Å². The molecule has 0 saturated carbocycles. The topological polar surface area (TPSA) is 179 Å². The Morgan fingerprint density at radius 3 is 1.63 bits per heavy atom. The van der Waals surface area contributed by atoms with Crippen molar-refractivity contribution in [3.63, 3.8) is 0 Å². The lowest BCUT2D eigenvalue weighted by atomic mass is 10.1. The first kappa shape index (κ1) is 39.2. The van der Waals surface area contributed by atoms with Crippen molar-refractivity contribution in [2.45, 2.75) is 43.6 Å². The SMILES string of the molecule is CNCCC(Oc1ccc(C(F)(F)F)cc1)c1ccccc1.NC(Cc1c[nH]c2ccccc12)C(=O)O.NC(Cc1c[nH]c2ccccc12)C(=O)O. The van der Waals surface area contributed by atoms with Gasteiger partial charge in [0, 0.05) is 53.5 Å². The van der Waals surface area contributed by atoms with Gasteiger partial charge in [-0.1, -0.05) is 66.7 Å². The van der Waals surface area contributed by atoms with Crippen molar-refractivity contribution in [3.8, 4) is 5.75 Å². The predicted molar refractivity (Wildman–Crippen MR) is 195 cm³/mol. The van der Waals surface area contributed by atoms with E-state index in [4.69, 9.17) is 26.4 Å². The molecule has 274 valence electrons. The van der Waals surface area contributed by atoms with Crippen molar-refractivity contribution in [1.29, 1.82) is 0 Å². The first-order chi connectivity index (χ1) is 24.9. The van der Waals surface area contributed by atoms with Crippen molar-refractivity contribution < 1.29 is 37.7 Å². The Balaban J connectivity index is 0.000000179. The molecule has 0 amide bonds. The van der Waals surface area contributed by atoms with Crippen LogP contribution in [0.4, 0.5) is 13.2 Å². The smallest absolute Gasteiger partial charge is 0.416 e. The molecule has 3 atom stereocenters. The van der Waals surface area contributed by atoms with Crippen LogP contribution in [0.15, 0.2) is 116 Å². The zero-order valence-corrected chi connectivity index (χ0v) is 28.4. The van der Waals surface area contributed by atoms with Crippen LogP contribution in [0.2, 0.25) is 0 Å². The summed E-state index contributed by atoms with van der Waals surface area (Å²) >= 11 is 0. The highest BCUT2D eigenvalue weighted by molar-refractivity contribution is 5.85. The molecule has 0 fully saturated rings. The second-order valence-electron chi connectivity index (χ2n) is 11.9. The van der Waals surface area contributed by atoms with E-state index in [-0.39, 0.29) is 6.10 Å². The number of rotatable bonds is 12. The van der Waals surface area contributed by atoms with Crippen LogP contribution >= 0.6 is 0 Å². The molecular weight excluding hydrogens is 675 g/mol. The molecule has 0 saturated heterocycles. The van der Waals surface area contributed by atoms with Gasteiger partial charge in [0.1, 0.15) is 23.9 Å².